The van der Waals surface area contributed by atoms with Crippen LogP contribution >= 0.6 is 0 Å². The van der Waals surface area contributed by atoms with E-state index in [1.54, 1.807) is 12.1 Å². The van der Waals surface area contributed by atoms with Gasteiger partial charge in [0.1, 0.15) is 6.10 Å². The third-order valence-corrected chi connectivity index (χ3v) is 7.56. The van der Waals surface area contributed by atoms with Crippen LogP contribution in [0.1, 0.15) is 53.6 Å². The number of amides is 1. The molecule has 2 bridgehead atoms. The van der Waals surface area contributed by atoms with Gasteiger partial charge in [0, 0.05) is 24.6 Å². The van der Waals surface area contributed by atoms with Gasteiger partial charge < -0.3 is 15.9 Å². The molecule has 1 amide bonds. The second-order valence-corrected chi connectivity index (χ2v) is 8.91. The molecule has 4 atom stereocenters. The topological polar surface area (TPSA) is 104 Å². The fourth-order valence-electron chi connectivity index (χ4n) is 5.98. The van der Waals surface area contributed by atoms with E-state index in [1.807, 2.05) is 6.07 Å². The average molecular weight is 370 g/mol. The molecule has 144 valence electrons. The van der Waals surface area contributed by atoms with Crippen LogP contribution in [0.2, 0.25) is 0 Å². The van der Waals surface area contributed by atoms with E-state index in [-0.39, 0.29) is 18.2 Å². The maximum atomic E-state index is 12.5. The van der Waals surface area contributed by atoms with Gasteiger partial charge in [0.25, 0.3) is 0 Å². The molecule has 1 heterocycles. The van der Waals surface area contributed by atoms with Crippen LogP contribution in [0.5, 0.6) is 0 Å². The van der Waals surface area contributed by atoms with Crippen molar-refractivity contribution in [1.82, 2.24) is 4.90 Å². The SMILES string of the molecule is NC(=O)c1ccc2c(c1)[C@]13CCN(CC4CC4)[C@H](C2)[C@]1(O)CCC(=O)[C@@H]3O. The highest BCUT2D eigenvalue weighted by Crippen LogP contribution is 2.57. The summed E-state index contributed by atoms with van der Waals surface area (Å²) in [6, 6.07) is 5.19. The minimum Gasteiger partial charge on any atom is -0.387 e. The molecule has 6 heteroatoms. The number of aliphatic hydroxyl groups excluding tert-OH is 1. The number of carbonyl (C=O) groups excluding carboxylic acids is 2. The van der Waals surface area contributed by atoms with Crippen molar-refractivity contribution in [3.8, 4) is 0 Å². The van der Waals surface area contributed by atoms with Crippen molar-refractivity contribution in [2.24, 2.45) is 11.7 Å². The molecule has 3 fully saturated rings. The van der Waals surface area contributed by atoms with Gasteiger partial charge in [0.15, 0.2) is 5.78 Å². The van der Waals surface area contributed by atoms with Crippen molar-refractivity contribution in [3.05, 3.63) is 34.9 Å². The lowest BCUT2D eigenvalue weighted by Crippen LogP contribution is -2.77. The number of rotatable bonds is 3. The minimum atomic E-state index is -1.25. The summed E-state index contributed by atoms with van der Waals surface area (Å²) in [5.41, 5.74) is 5.36. The predicted molar refractivity (Wildman–Crippen MR) is 98.2 cm³/mol. The van der Waals surface area contributed by atoms with E-state index in [2.05, 4.69) is 4.90 Å². The molecular weight excluding hydrogens is 344 g/mol. The smallest absolute Gasteiger partial charge is 0.248 e. The maximum absolute atomic E-state index is 12.5. The number of nitrogens with two attached hydrogens (primary N) is 1. The number of likely N-dealkylation sites (tertiary alicyclic amines) is 1. The number of aliphatic hydroxyl groups is 2. The Morgan fingerprint density at radius 3 is 2.78 bits per heavy atom. The lowest BCUT2D eigenvalue weighted by molar-refractivity contribution is -0.201. The molecule has 1 aromatic carbocycles. The Balaban J connectivity index is 1.69. The largest absolute Gasteiger partial charge is 0.387 e. The number of piperidine rings is 1. The summed E-state index contributed by atoms with van der Waals surface area (Å²) in [4.78, 5) is 26.6. The number of benzene rings is 1. The number of hydrogen-bond donors (Lipinski definition) is 3. The van der Waals surface area contributed by atoms with Crippen LogP contribution in [-0.2, 0) is 16.6 Å². The predicted octanol–water partition coefficient (Wildman–Crippen LogP) is 0.519. The Bertz CT molecular complexity index is 835. The molecule has 6 nitrogen and oxygen atoms in total. The highest BCUT2D eigenvalue weighted by molar-refractivity contribution is 5.93. The molecule has 3 aliphatic carbocycles. The van der Waals surface area contributed by atoms with E-state index < -0.39 is 23.0 Å². The third kappa shape index (κ3) is 2.24. The van der Waals surface area contributed by atoms with Crippen LogP contribution in [0.3, 0.4) is 0 Å². The molecular formula is C21H26N2O4. The molecule has 4 aliphatic rings. The van der Waals surface area contributed by atoms with Crippen LogP contribution in [0.4, 0.5) is 0 Å². The summed E-state index contributed by atoms with van der Waals surface area (Å²) < 4.78 is 0. The van der Waals surface area contributed by atoms with Crippen LogP contribution in [0.25, 0.3) is 0 Å². The fraction of sp³-hybridized carbons (Fsp3) is 0.619. The molecule has 27 heavy (non-hydrogen) atoms. The summed E-state index contributed by atoms with van der Waals surface area (Å²) in [6.07, 6.45) is 2.96. The molecule has 0 aromatic heterocycles. The first-order chi connectivity index (χ1) is 12.9. The lowest BCUT2D eigenvalue weighted by atomic mass is 9.48. The van der Waals surface area contributed by atoms with Gasteiger partial charge in [-0.15, -0.1) is 0 Å². The Hall–Kier alpha value is -1.76. The highest BCUT2D eigenvalue weighted by atomic mass is 16.3. The lowest BCUT2D eigenvalue weighted by Gasteiger charge is -2.64. The van der Waals surface area contributed by atoms with Gasteiger partial charge in [0.2, 0.25) is 5.91 Å². The summed E-state index contributed by atoms with van der Waals surface area (Å²) in [5, 5.41) is 23.0. The molecule has 1 aliphatic heterocycles. The normalized spacial score (nSPS) is 38.2. The van der Waals surface area contributed by atoms with Crippen LogP contribution in [0, 0.1) is 5.92 Å². The molecule has 1 aromatic rings. The van der Waals surface area contributed by atoms with Crippen molar-refractivity contribution in [1.29, 1.82) is 0 Å². The van der Waals surface area contributed by atoms with Crippen molar-refractivity contribution in [3.63, 3.8) is 0 Å². The van der Waals surface area contributed by atoms with Crippen LogP contribution in [0.15, 0.2) is 18.2 Å². The van der Waals surface area contributed by atoms with Crippen molar-refractivity contribution in [2.45, 2.75) is 61.7 Å². The highest BCUT2D eigenvalue weighted by Gasteiger charge is 2.68. The zero-order chi connectivity index (χ0) is 19.0. The Kier molecular flexibility index (Phi) is 3.61. The second-order valence-electron chi connectivity index (χ2n) is 8.91. The molecule has 0 radical (unpaired) electrons. The fourth-order valence-corrected chi connectivity index (χ4v) is 5.98. The van der Waals surface area contributed by atoms with Gasteiger partial charge in [-0.05, 0) is 67.8 Å². The summed E-state index contributed by atoms with van der Waals surface area (Å²) >= 11 is 0. The third-order valence-electron chi connectivity index (χ3n) is 7.56. The number of carbonyl (C=O) groups is 2. The molecule has 1 saturated heterocycles. The van der Waals surface area contributed by atoms with Gasteiger partial charge in [-0.25, -0.2) is 0 Å². The number of primary amides is 1. The van der Waals surface area contributed by atoms with E-state index in [0.29, 0.717) is 30.7 Å². The Labute approximate surface area is 158 Å². The summed E-state index contributed by atoms with van der Waals surface area (Å²) in [6.45, 7) is 1.72. The maximum Gasteiger partial charge on any atom is 0.248 e. The van der Waals surface area contributed by atoms with Crippen LogP contribution in [-0.4, -0.2) is 57.6 Å². The zero-order valence-corrected chi connectivity index (χ0v) is 15.4. The van der Waals surface area contributed by atoms with E-state index in [9.17, 15) is 19.8 Å². The first kappa shape index (κ1) is 17.3. The van der Waals surface area contributed by atoms with Crippen molar-refractivity contribution >= 4 is 11.7 Å². The van der Waals surface area contributed by atoms with Crippen molar-refractivity contribution in [2.75, 3.05) is 13.1 Å². The van der Waals surface area contributed by atoms with Crippen LogP contribution < -0.4 is 5.73 Å². The Morgan fingerprint density at radius 1 is 1.30 bits per heavy atom. The number of ketones is 1. The number of Topliss-reactive ketones (excluding diaryl/α,β-unsaturated/α-hetero) is 1. The Morgan fingerprint density at radius 2 is 2.07 bits per heavy atom. The molecule has 0 unspecified atom stereocenters. The average Bonchev–Trinajstić information content (AvgIpc) is 3.45. The molecule has 4 N–H and O–H groups in total. The number of fused-ring (bicyclic) bond motifs is 1. The van der Waals surface area contributed by atoms with Gasteiger partial charge in [-0.1, -0.05) is 6.07 Å². The standard InChI is InChI=1S/C21H26N2O4/c22-19(26)14-4-3-13-10-17-21(27)6-5-16(24)18(25)20(21,15(13)9-14)7-8-23(17)11-12-1-2-12/h3-4,9,12,17-18,25,27H,1-2,5-8,10-11H2,(H2,22,26)/t17-,18+,20+,21-/m1/s1. The first-order valence-corrected chi connectivity index (χ1v) is 9.97. The van der Waals surface area contributed by atoms with Gasteiger partial charge in [-0.3, -0.25) is 14.5 Å². The quantitative estimate of drug-likeness (QED) is 0.720. The number of nitrogens with zero attached hydrogens (tertiary/aromatic N) is 1. The van der Waals surface area contributed by atoms with Gasteiger partial charge in [-0.2, -0.15) is 0 Å². The molecule has 0 spiro atoms. The van der Waals surface area contributed by atoms with E-state index >= 15 is 0 Å². The monoisotopic (exact) mass is 370 g/mol. The second kappa shape index (κ2) is 5.63. The van der Waals surface area contributed by atoms with Gasteiger partial charge in [0.05, 0.1) is 11.0 Å². The van der Waals surface area contributed by atoms with Gasteiger partial charge >= 0.3 is 0 Å². The molecule has 2 saturated carbocycles. The first-order valence-electron chi connectivity index (χ1n) is 9.97. The zero-order valence-electron chi connectivity index (χ0n) is 15.4. The minimum absolute atomic E-state index is 0.110. The summed E-state index contributed by atoms with van der Waals surface area (Å²) in [5.74, 6) is -0.0519. The van der Waals surface area contributed by atoms with Crippen molar-refractivity contribution < 1.29 is 19.8 Å². The summed E-state index contributed by atoms with van der Waals surface area (Å²) in [7, 11) is 0. The number of hydrogen-bond acceptors (Lipinski definition) is 5. The molecule has 5 rings (SSSR count). The van der Waals surface area contributed by atoms with E-state index in [0.717, 1.165) is 24.2 Å². The van der Waals surface area contributed by atoms with E-state index in [4.69, 9.17) is 5.73 Å². The van der Waals surface area contributed by atoms with E-state index in [1.165, 1.54) is 12.8 Å².